The summed E-state index contributed by atoms with van der Waals surface area (Å²) in [6.07, 6.45) is 0. The lowest BCUT2D eigenvalue weighted by molar-refractivity contribution is 0.660. The van der Waals surface area contributed by atoms with Crippen LogP contribution in [0.2, 0.25) is 0 Å². The zero-order valence-corrected chi connectivity index (χ0v) is 42.0. The summed E-state index contributed by atoms with van der Waals surface area (Å²) in [6.45, 7) is 9.49. The van der Waals surface area contributed by atoms with E-state index in [1.807, 2.05) is 30.3 Å². The summed E-state index contributed by atoms with van der Waals surface area (Å²) in [5.41, 5.74) is 24.4. The molecular formula is C72H47N3. The molecule has 0 N–H and O–H groups in total. The Hall–Kier alpha value is -9.54. The SMILES string of the molecule is CC1(C)c2ccccc2-c2ccc(-c3c4ccccc4c(-c4ccc5c(c4)C(C)(C)c4ccccc4-5)c4cc(-c5ccc(-c6ccc7c8c6ccc6c(C#N)ccc(c68)n7-c6ccc(C#N)cc6)cc5)ccc34)cc21. The molecule has 13 aromatic rings. The van der Waals surface area contributed by atoms with Crippen molar-refractivity contribution in [1.29, 1.82) is 10.5 Å². The molecule has 0 bridgehead atoms. The van der Waals surface area contributed by atoms with Crippen LogP contribution in [0.15, 0.2) is 212 Å². The number of fused-ring (bicyclic) bond motifs is 8. The smallest absolute Gasteiger partial charge is 0.0998 e. The lowest BCUT2D eigenvalue weighted by atomic mass is 9.79. The minimum atomic E-state index is -0.141. The van der Waals surface area contributed by atoms with E-state index in [0.29, 0.717) is 11.1 Å². The Bertz CT molecular complexity index is 4700. The van der Waals surface area contributed by atoms with Crippen molar-refractivity contribution >= 4 is 54.1 Å². The minimum absolute atomic E-state index is 0.129. The van der Waals surface area contributed by atoms with Gasteiger partial charge in [0, 0.05) is 32.7 Å². The molecule has 0 aliphatic heterocycles. The lowest BCUT2D eigenvalue weighted by Crippen LogP contribution is -2.15. The van der Waals surface area contributed by atoms with Gasteiger partial charge in [-0.1, -0.05) is 179 Å². The van der Waals surface area contributed by atoms with Crippen LogP contribution in [-0.4, -0.2) is 4.57 Å². The molecule has 0 atom stereocenters. The molecule has 1 aromatic heterocycles. The van der Waals surface area contributed by atoms with E-state index < -0.39 is 0 Å². The zero-order valence-electron chi connectivity index (χ0n) is 42.0. The standard InChI is InChI=1S/C72H47N3/c1-71(2)61-15-9-7-11-52(61)54-29-24-46(38-63(54)71)67-56-13-5-6-14-57(56)68(47-25-30-55-53-12-8-10-16-62(53)72(3,4)64(55)39-47)60-37-45(23-31-59(60)67)43-19-21-44(22-20-43)50-34-36-66-70-58(50)33-32-51-48(41-74)26-35-65(69(51)70)75(66)49-27-17-42(40-73)18-28-49/h5-39H,1-4H3. The first kappa shape index (κ1) is 43.1. The summed E-state index contributed by atoms with van der Waals surface area (Å²) in [5.74, 6) is 0. The van der Waals surface area contributed by atoms with Crippen molar-refractivity contribution in [3.63, 3.8) is 0 Å². The first-order valence-corrected chi connectivity index (χ1v) is 25.9. The molecule has 2 aliphatic rings. The maximum Gasteiger partial charge on any atom is 0.0998 e. The number of hydrogen-bond donors (Lipinski definition) is 0. The van der Waals surface area contributed by atoms with Gasteiger partial charge in [0.2, 0.25) is 0 Å². The second kappa shape index (κ2) is 15.5. The number of nitrogens with zero attached hydrogens (tertiary/aromatic N) is 3. The topological polar surface area (TPSA) is 52.5 Å². The Labute approximate surface area is 435 Å². The second-order valence-corrected chi connectivity index (χ2v) is 21.8. The summed E-state index contributed by atoms with van der Waals surface area (Å²) in [6, 6.07) is 82.7. The number of nitriles is 2. The predicted molar refractivity (Wildman–Crippen MR) is 311 cm³/mol. The van der Waals surface area contributed by atoms with E-state index in [-0.39, 0.29) is 10.8 Å². The molecule has 350 valence electrons. The molecule has 2 aliphatic carbocycles. The van der Waals surface area contributed by atoms with Gasteiger partial charge in [0.15, 0.2) is 0 Å². The highest BCUT2D eigenvalue weighted by molar-refractivity contribution is 6.27. The molecule has 0 amide bonds. The predicted octanol–water partition coefficient (Wildman–Crippen LogP) is 18.7. The van der Waals surface area contributed by atoms with Crippen LogP contribution in [0.25, 0.3) is 127 Å². The van der Waals surface area contributed by atoms with Crippen LogP contribution in [-0.2, 0) is 10.8 Å². The van der Waals surface area contributed by atoms with Crippen LogP contribution in [0.1, 0.15) is 61.1 Å². The number of rotatable bonds is 5. The molecule has 0 spiro atoms. The van der Waals surface area contributed by atoms with E-state index in [9.17, 15) is 10.5 Å². The normalized spacial score (nSPS) is 13.8. The third kappa shape index (κ3) is 5.96. The first-order valence-electron chi connectivity index (χ1n) is 25.9. The molecule has 3 heteroatoms. The maximum atomic E-state index is 10.2. The van der Waals surface area contributed by atoms with Crippen LogP contribution in [0.5, 0.6) is 0 Å². The maximum absolute atomic E-state index is 10.2. The summed E-state index contributed by atoms with van der Waals surface area (Å²) >= 11 is 0. The van der Waals surface area contributed by atoms with Crippen LogP contribution >= 0.6 is 0 Å². The molecule has 0 unspecified atom stereocenters. The Morgan fingerprint density at radius 2 is 0.800 bits per heavy atom. The summed E-state index contributed by atoms with van der Waals surface area (Å²) in [5, 5.41) is 29.0. The third-order valence-corrected chi connectivity index (χ3v) is 17.3. The van der Waals surface area contributed by atoms with E-state index in [0.717, 1.165) is 60.5 Å². The van der Waals surface area contributed by atoms with Gasteiger partial charge >= 0.3 is 0 Å². The molecule has 0 saturated carbocycles. The van der Waals surface area contributed by atoms with Crippen molar-refractivity contribution in [2.75, 3.05) is 0 Å². The molecule has 0 fully saturated rings. The van der Waals surface area contributed by atoms with Crippen LogP contribution in [0.4, 0.5) is 0 Å². The fraction of sp³-hybridized carbons (Fsp3) is 0.0833. The highest BCUT2D eigenvalue weighted by Gasteiger charge is 2.37. The van der Waals surface area contributed by atoms with Gasteiger partial charge in [0.05, 0.1) is 34.3 Å². The quantitative estimate of drug-likeness (QED) is 0.127. The molecule has 12 aromatic carbocycles. The summed E-state index contributed by atoms with van der Waals surface area (Å²) in [4.78, 5) is 0. The highest BCUT2D eigenvalue weighted by Crippen LogP contribution is 2.54. The van der Waals surface area contributed by atoms with Gasteiger partial charge in [-0.25, -0.2) is 0 Å². The minimum Gasteiger partial charge on any atom is -0.309 e. The van der Waals surface area contributed by atoms with Gasteiger partial charge in [-0.3, -0.25) is 0 Å². The van der Waals surface area contributed by atoms with Crippen molar-refractivity contribution in [2.24, 2.45) is 0 Å². The van der Waals surface area contributed by atoms with Gasteiger partial charge in [0.1, 0.15) is 0 Å². The van der Waals surface area contributed by atoms with Gasteiger partial charge in [-0.2, -0.15) is 10.5 Å². The summed E-state index contributed by atoms with van der Waals surface area (Å²) in [7, 11) is 0. The van der Waals surface area contributed by atoms with Gasteiger partial charge in [0.25, 0.3) is 0 Å². The average molecular weight is 954 g/mol. The zero-order chi connectivity index (χ0) is 50.5. The van der Waals surface area contributed by atoms with E-state index >= 15 is 0 Å². The van der Waals surface area contributed by atoms with Crippen molar-refractivity contribution in [3.05, 3.63) is 246 Å². The number of aromatic nitrogens is 1. The number of benzene rings is 12. The fourth-order valence-electron chi connectivity index (χ4n) is 13.6. The Morgan fingerprint density at radius 3 is 1.41 bits per heavy atom. The summed E-state index contributed by atoms with van der Waals surface area (Å²) < 4.78 is 2.26. The third-order valence-electron chi connectivity index (χ3n) is 17.3. The van der Waals surface area contributed by atoms with Gasteiger partial charge in [-0.05, 0) is 177 Å². The van der Waals surface area contributed by atoms with Gasteiger partial charge in [-0.15, -0.1) is 0 Å². The van der Waals surface area contributed by atoms with E-state index in [4.69, 9.17) is 0 Å². The molecule has 3 nitrogen and oxygen atoms in total. The lowest BCUT2D eigenvalue weighted by Gasteiger charge is -2.24. The monoisotopic (exact) mass is 953 g/mol. The molecule has 15 rings (SSSR count). The number of hydrogen-bond acceptors (Lipinski definition) is 2. The van der Waals surface area contributed by atoms with Crippen molar-refractivity contribution in [2.45, 2.75) is 38.5 Å². The Kier molecular flexibility index (Phi) is 8.90. The second-order valence-electron chi connectivity index (χ2n) is 21.8. The highest BCUT2D eigenvalue weighted by atomic mass is 15.0. The van der Waals surface area contributed by atoms with Gasteiger partial charge < -0.3 is 4.57 Å². The molecule has 0 saturated heterocycles. The van der Waals surface area contributed by atoms with Crippen molar-refractivity contribution < 1.29 is 0 Å². The Balaban J connectivity index is 0.913. The Morgan fingerprint density at radius 1 is 0.333 bits per heavy atom. The van der Waals surface area contributed by atoms with Crippen molar-refractivity contribution in [1.82, 2.24) is 4.57 Å². The molecule has 0 radical (unpaired) electrons. The average Bonchev–Trinajstić information content (AvgIpc) is 4.01. The largest absolute Gasteiger partial charge is 0.309 e. The van der Waals surface area contributed by atoms with E-state index in [2.05, 4.69) is 226 Å². The molecule has 75 heavy (non-hydrogen) atoms. The molecule has 1 heterocycles. The van der Waals surface area contributed by atoms with Crippen LogP contribution < -0.4 is 0 Å². The van der Waals surface area contributed by atoms with Crippen molar-refractivity contribution in [3.8, 4) is 84.6 Å². The van der Waals surface area contributed by atoms with E-state index in [1.165, 1.54) is 88.3 Å². The van der Waals surface area contributed by atoms with Crippen LogP contribution in [0, 0.1) is 22.7 Å². The van der Waals surface area contributed by atoms with Crippen LogP contribution in [0.3, 0.4) is 0 Å². The first-order chi connectivity index (χ1) is 36.6. The molecular weight excluding hydrogens is 907 g/mol. The fourth-order valence-corrected chi connectivity index (χ4v) is 13.6. The van der Waals surface area contributed by atoms with E-state index in [1.54, 1.807) is 0 Å².